The lowest BCUT2D eigenvalue weighted by atomic mass is 9.66. The van der Waals surface area contributed by atoms with Crippen molar-refractivity contribution in [2.75, 3.05) is 0 Å². The molecule has 1 fully saturated rings. The fourth-order valence-electron chi connectivity index (χ4n) is 2.67. The monoisotopic (exact) mass is 208 g/mol. The van der Waals surface area contributed by atoms with Crippen LogP contribution >= 0.6 is 0 Å². The molecule has 86 valence electrons. The highest BCUT2D eigenvalue weighted by Gasteiger charge is 2.37. The molecule has 1 aliphatic rings. The second-order valence-electron chi connectivity index (χ2n) is 5.72. The topological polar surface area (TPSA) is 17.1 Å². The van der Waals surface area contributed by atoms with E-state index in [-0.39, 0.29) is 11.3 Å². The summed E-state index contributed by atoms with van der Waals surface area (Å²) in [6.07, 6.45) is 7.16. The van der Waals surface area contributed by atoms with Gasteiger partial charge in [-0.1, -0.05) is 26.8 Å². The first-order chi connectivity index (χ1) is 6.97. The standard InChI is InChI=1S/C14H24O/c1-5-6-9-14(3,4)12-8-7-11(2)10-13(12)15/h5,11-12H,1,6-10H2,2-4H3. The molecule has 0 aromatic rings. The van der Waals surface area contributed by atoms with E-state index in [1.165, 1.54) is 6.42 Å². The van der Waals surface area contributed by atoms with Crippen LogP contribution in [-0.2, 0) is 4.79 Å². The highest BCUT2D eigenvalue weighted by atomic mass is 16.1. The van der Waals surface area contributed by atoms with Crippen molar-refractivity contribution in [3.05, 3.63) is 12.7 Å². The summed E-state index contributed by atoms with van der Waals surface area (Å²) >= 11 is 0. The average Bonchev–Trinajstić information content (AvgIpc) is 2.14. The molecule has 1 rings (SSSR count). The van der Waals surface area contributed by atoms with Crippen LogP contribution in [0.15, 0.2) is 12.7 Å². The van der Waals surface area contributed by atoms with E-state index in [4.69, 9.17) is 0 Å². The Kier molecular flexibility index (Phi) is 4.12. The first kappa shape index (κ1) is 12.5. The van der Waals surface area contributed by atoms with Gasteiger partial charge in [-0.25, -0.2) is 0 Å². The van der Waals surface area contributed by atoms with Crippen molar-refractivity contribution in [1.82, 2.24) is 0 Å². The van der Waals surface area contributed by atoms with Crippen LogP contribution in [0, 0.1) is 17.3 Å². The van der Waals surface area contributed by atoms with Crippen molar-refractivity contribution in [2.24, 2.45) is 17.3 Å². The third-order valence-electron chi connectivity index (χ3n) is 3.82. The van der Waals surface area contributed by atoms with Gasteiger partial charge in [0.2, 0.25) is 0 Å². The summed E-state index contributed by atoms with van der Waals surface area (Å²) < 4.78 is 0. The lowest BCUT2D eigenvalue weighted by Crippen LogP contribution is -2.35. The fourth-order valence-corrected chi connectivity index (χ4v) is 2.67. The number of hydrogen-bond acceptors (Lipinski definition) is 1. The van der Waals surface area contributed by atoms with Gasteiger partial charge in [0.05, 0.1) is 0 Å². The number of ketones is 1. The molecule has 0 aromatic carbocycles. The summed E-state index contributed by atoms with van der Waals surface area (Å²) in [5.74, 6) is 1.38. The lowest BCUT2D eigenvalue weighted by Gasteiger charge is -2.37. The van der Waals surface area contributed by atoms with Gasteiger partial charge in [0, 0.05) is 12.3 Å². The Bertz CT molecular complexity index is 240. The molecule has 0 N–H and O–H groups in total. The zero-order chi connectivity index (χ0) is 11.5. The maximum atomic E-state index is 12.0. The zero-order valence-corrected chi connectivity index (χ0v) is 10.4. The van der Waals surface area contributed by atoms with Gasteiger partial charge in [0.25, 0.3) is 0 Å². The Labute approximate surface area is 93.9 Å². The number of carbonyl (C=O) groups excluding carboxylic acids is 1. The molecule has 1 aliphatic carbocycles. The average molecular weight is 208 g/mol. The van der Waals surface area contributed by atoms with Crippen LogP contribution in [0.4, 0.5) is 0 Å². The van der Waals surface area contributed by atoms with E-state index in [0.717, 1.165) is 25.7 Å². The van der Waals surface area contributed by atoms with Gasteiger partial charge in [-0.2, -0.15) is 0 Å². The van der Waals surface area contributed by atoms with Crippen molar-refractivity contribution in [1.29, 1.82) is 0 Å². The van der Waals surface area contributed by atoms with Crippen molar-refractivity contribution < 1.29 is 4.79 Å². The minimum Gasteiger partial charge on any atom is -0.299 e. The number of Topliss-reactive ketones (excluding diaryl/α,β-unsaturated/α-hetero) is 1. The lowest BCUT2D eigenvalue weighted by molar-refractivity contribution is -0.130. The van der Waals surface area contributed by atoms with Crippen molar-refractivity contribution >= 4 is 5.78 Å². The normalized spacial score (nSPS) is 27.8. The van der Waals surface area contributed by atoms with Crippen molar-refractivity contribution in [2.45, 2.75) is 52.9 Å². The van der Waals surface area contributed by atoms with E-state index < -0.39 is 0 Å². The molecule has 1 nitrogen and oxygen atoms in total. The number of rotatable bonds is 4. The second kappa shape index (κ2) is 4.96. The summed E-state index contributed by atoms with van der Waals surface area (Å²) in [5, 5.41) is 0. The van der Waals surface area contributed by atoms with Gasteiger partial charge < -0.3 is 0 Å². The summed E-state index contributed by atoms with van der Waals surface area (Å²) in [5.41, 5.74) is 0.158. The minimum atomic E-state index is 0.158. The Morgan fingerprint density at radius 3 is 2.67 bits per heavy atom. The molecule has 0 bridgehead atoms. The van der Waals surface area contributed by atoms with Crippen LogP contribution in [-0.4, -0.2) is 5.78 Å². The zero-order valence-electron chi connectivity index (χ0n) is 10.4. The molecule has 0 aromatic heterocycles. The SMILES string of the molecule is C=CCCC(C)(C)C1CCC(C)CC1=O. The van der Waals surface area contributed by atoms with E-state index in [1.54, 1.807) is 0 Å². The van der Waals surface area contributed by atoms with Gasteiger partial charge >= 0.3 is 0 Å². The quantitative estimate of drug-likeness (QED) is 0.639. The van der Waals surface area contributed by atoms with Crippen LogP contribution in [0.5, 0.6) is 0 Å². The molecule has 0 heterocycles. The van der Waals surface area contributed by atoms with Crippen LogP contribution in [0.1, 0.15) is 52.9 Å². The van der Waals surface area contributed by atoms with Gasteiger partial charge in [0.1, 0.15) is 5.78 Å². The maximum absolute atomic E-state index is 12.0. The third kappa shape index (κ3) is 3.19. The predicted molar refractivity (Wildman–Crippen MR) is 64.7 cm³/mol. The van der Waals surface area contributed by atoms with E-state index in [2.05, 4.69) is 27.4 Å². The van der Waals surface area contributed by atoms with E-state index >= 15 is 0 Å². The predicted octanol–water partition coefficient (Wildman–Crippen LogP) is 3.98. The van der Waals surface area contributed by atoms with Gasteiger partial charge in [-0.15, -0.1) is 6.58 Å². The smallest absolute Gasteiger partial charge is 0.136 e. The first-order valence-electron chi connectivity index (χ1n) is 6.11. The first-order valence-corrected chi connectivity index (χ1v) is 6.11. The molecular weight excluding hydrogens is 184 g/mol. The molecule has 1 heteroatoms. The van der Waals surface area contributed by atoms with E-state index in [0.29, 0.717) is 11.7 Å². The van der Waals surface area contributed by atoms with Crippen molar-refractivity contribution in [3.63, 3.8) is 0 Å². The molecule has 1 saturated carbocycles. The molecule has 0 spiro atoms. The van der Waals surface area contributed by atoms with Crippen LogP contribution < -0.4 is 0 Å². The number of hydrogen-bond donors (Lipinski definition) is 0. The Morgan fingerprint density at radius 1 is 1.47 bits per heavy atom. The Morgan fingerprint density at radius 2 is 2.13 bits per heavy atom. The van der Waals surface area contributed by atoms with E-state index in [9.17, 15) is 4.79 Å². The maximum Gasteiger partial charge on any atom is 0.136 e. The Hall–Kier alpha value is -0.590. The van der Waals surface area contributed by atoms with Crippen molar-refractivity contribution in [3.8, 4) is 0 Å². The number of carbonyl (C=O) groups is 1. The summed E-state index contributed by atoms with van der Waals surface area (Å²) in [4.78, 5) is 12.0. The van der Waals surface area contributed by atoms with Crippen LogP contribution in [0.25, 0.3) is 0 Å². The molecule has 0 aliphatic heterocycles. The Balaban J connectivity index is 2.61. The molecule has 0 amide bonds. The highest BCUT2D eigenvalue weighted by Crippen LogP contribution is 2.40. The molecule has 2 atom stereocenters. The van der Waals surface area contributed by atoms with Gasteiger partial charge in [-0.3, -0.25) is 4.79 Å². The van der Waals surface area contributed by atoms with Crippen LogP contribution in [0.3, 0.4) is 0 Å². The van der Waals surface area contributed by atoms with Gasteiger partial charge in [-0.05, 0) is 37.0 Å². The highest BCUT2D eigenvalue weighted by molar-refractivity contribution is 5.82. The van der Waals surface area contributed by atoms with E-state index in [1.807, 2.05) is 6.08 Å². The molecule has 0 radical (unpaired) electrons. The molecule has 15 heavy (non-hydrogen) atoms. The minimum absolute atomic E-state index is 0.158. The number of allylic oxidation sites excluding steroid dienone is 1. The third-order valence-corrected chi connectivity index (χ3v) is 3.82. The largest absolute Gasteiger partial charge is 0.299 e. The van der Waals surface area contributed by atoms with Gasteiger partial charge in [0.15, 0.2) is 0 Å². The van der Waals surface area contributed by atoms with Crippen LogP contribution in [0.2, 0.25) is 0 Å². The second-order valence-corrected chi connectivity index (χ2v) is 5.72. The fraction of sp³-hybridized carbons (Fsp3) is 0.786. The molecule has 2 unspecified atom stereocenters. The summed E-state index contributed by atoms with van der Waals surface area (Å²) in [7, 11) is 0. The summed E-state index contributed by atoms with van der Waals surface area (Å²) in [6, 6.07) is 0. The summed E-state index contributed by atoms with van der Waals surface area (Å²) in [6.45, 7) is 10.4. The molecular formula is C14H24O. The molecule has 0 saturated heterocycles.